The van der Waals surface area contributed by atoms with Crippen LogP contribution in [0.15, 0.2) is 0 Å². The predicted octanol–water partition coefficient (Wildman–Crippen LogP) is -16.1. The quantitative estimate of drug-likeness (QED) is 0.0839. The van der Waals surface area contributed by atoms with Gasteiger partial charge >= 0.3 is 62.6 Å². The first-order chi connectivity index (χ1) is 9.29. The Kier molecular flexibility index (Phi) is 103. The molecule has 0 bridgehead atoms. The Morgan fingerprint density at radius 3 is 0.433 bits per heavy atom. The molecule has 0 radical (unpaired) electrons. The zero-order valence-corrected chi connectivity index (χ0v) is 21.9. The van der Waals surface area contributed by atoms with Gasteiger partial charge in [-0.25, -0.2) is 0 Å². The number of carbonyl (C=O) groups is 4. The van der Waals surface area contributed by atoms with Crippen LogP contribution in [-0.2, 0) is 87.5 Å². The first kappa shape index (κ1) is 77.5. The van der Waals surface area contributed by atoms with E-state index in [0.29, 0.717) is 0 Å². The summed E-state index contributed by atoms with van der Waals surface area (Å²) >= 11 is -10.0. The van der Waals surface area contributed by atoms with Crippen molar-refractivity contribution in [3.8, 4) is 0 Å². The molecule has 0 spiro atoms. The Balaban J connectivity index is -0.0000000133. The molecule has 0 aromatic carbocycles. The maximum Gasteiger partial charge on any atom is 0 e. The largest absolute Gasteiger partial charge is 0 e. The van der Waals surface area contributed by atoms with Crippen LogP contribution in [0, 0.1) is 0 Å². The summed E-state index contributed by atoms with van der Waals surface area (Å²) in [6.45, 7) is 0. The van der Waals surface area contributed by atoms with Gasteiger partial charge in [0.05, 0.1) is 23.9 Å². The van der Waals surface area contributed by atoms with Gasteiger partial charge in [0.25, 0.3) is 0 Å². The van der Waals surface area contributed by atoms with E-state index in [1.165, 1.54) is 0 Å². The van der Waals surface area contributed by atoms with E-state index < -0.39 is 53.7 Å². The molecule has 0 amide bonds. The molecule has 26 heteroatoms. The molecule has 200 valence electrons. The maximum absolute atomic E-state index is 8.93. The summed E-state index contributed by atoms with van der Waals surface area (Å²) in [5.41, 5.74) is 0. The molecular weight excluding hydrogens is 741 g/mol. The summed E-state index contributed by atoms with van der Waals surface area (Å²) in [4.78, 5) is 35.7. The number of carbonyl (C=O) groups excluding carboxylic acids is 4. The standard InChI is InChI=1S/2C2H2O4.2AsH5O4.4Fe.4H2O/c2*3-1(4)2(5)6;2*2-1(3,4)5;;;;;;;;/h2*(H,3,4)(H,5,6);2*1-5H;;;;;4*1H2/p-4. The average Bonchev–Trinajstić information content (AvgIpc) is 2.12. The van der Waals surface area contributed by atoms with Crippen molar-refractivity contribution in [3.05, 3.63) is 0 Å². The molecule has 0 aliphatic rings. The molecule has 0 rings (SSSR count). The normalized spacial score (nSPS) is 8.00. The second-order valence-corrected chi connectivity index (χ2v) is 7.39. The van der Waals surface area contributed by atoms with Crippen molar-refractivity contribution in [2.45, 2.75) is 0 Å². The summed E-state index contributed by atoms with van der Waals surface area (Å²) < 4.78 is 59.0. The van der Waals surface area contributed by atoms with Crippen molar-refractivity contribution in [2.75, 3.05) is 0 Å². The van der Waals surface area contributed by atoms with Gasteiger partial charge in [-0.05, 0) is 0 Å². The molecule has 0 atom stereocenters. The van der Waals surface area contributed by atoms with E-state index in [2.05, 4.69) is 0 Å². The number of carboxylic acids is 4. The van der Waals surface area contributed by atoms with Crippen LogP contribution < -0.4 is 20.4 Å². The Labute approximate surface area is 215 Å². The second-order valence-electron chi connectivity index (χ2n) is 2.35. The van der Waals surface area contributed by atoms with Crippen LogP contribution in [-0.4, -0.2) is 108 Å². The van der Waals surface area contributed by atoms with Crippen LogP contribution in [0.4, 0.5) is 0 Å². The fourth-order valence-electron chi connectivity index (χ4n) is 0. The molecule has 0 saturated heterocycles. The van der Waals surface area contributed by atoms with Gasteiger partial charge in [0.1, 0.15) is 0 Å². The van der Waals surface area contributed by atoms with Gasteiger partial charge in [-0.1, -0.05) is 0 Å². The zero-order chi connectivity index (χ0) is 19.3. The summed E-state index contributed by atoms with van der Waals surface area (Å²) in [5, 5.41) is 35.7. The van der Waals surface area contributed by atoms with E-state index in [1.807, 2.05) is 0 Å². The van der Waals surface area contributed by atoms with Crippen molar-refractivity contribution in [1.82, 2.24) is 0 Å². The minimum Gasteiger partial charge on any atom is 0 e. The molecular formula is C4H18As2Fe4O20-4. The topological polar surface area (TPSA) is 448 Å². The molecule has 0 aromatic rings. The van der Waals surface area contributed by atoms with E-state index >= 15 is 0 Å². The minimum absolute atomic E-state index is 0. The molecule has 0 saturated carbocycles. The van der Waals surface area contributed by atoms with Crippen LogP contribution in [0.25, 0.3) is 0 Å². The molecule has 0 unspecified atom stereocenters. The number of aliphatic carboxylic acids is 4. The van der Waals surface area contributed by atoms with Crippen LogP contribution in [0.1, 0.15) is 0 Å². The Morgan fingerprint density at radius 2 is 0.433 bits per heavy atom. The van der Waals surface area contributed by atoms with Crippen molar-refractivity contribution < 1.29 is 163 Å². The van der Waals surface area contributed by atoms with Gasteiger partial charge in [0.2, 0.25) is 0 Å². The minimum atomic E-state index is -5.00. The van der Waals surface area contributed by atoms with Gasteiger partial charge in [-0.2, -0.15) is 0 Å². The summed E-state index contributed by atoms with van der Waals surface area (Å²) in [6, 6.07) is 0. The molecule has 0 aliphatic carbocycles. The van der Waals surface area contributed by atoms with Crippen LogP contribution in [0.3, 0.4) is 0 Å². The number of rotatable bonds is 0. The third-order valence-electron chi connectivity index (χ3n) is 0.333. The van der Waals surface area contributed by atoms with E-state index in [-0.39, 0.29) is 90.2 Å². The molecule has 20 nitrogen and oxygen atoms in total. The maximum atomic E-state index is 8.93. The number of carboxylic acid groups (broad SMARTS) is 4. The predicted molar refractivity (Wildman–Crippen MR) is 66.5 cm³/mol. The number of hydrogen-bond acceptors (Lipinski definition) is 16. The van der Waals surface area contributed by atoms with E-state index in [4.69, 9.17) is 72.4 Å². The smallest absolute Gasteiger partial charge is 0 e. The van der Waals surface area contributed by atoms with E-state index in [9.17, 15) is 0 Å². The molecule has 30 heavy (non-hydrogen) atoms. The fourth-order valence-corrected chi connectivity index (χ4v) is 0. The molecule has 0 fully saturated rings. The van der Waals surface area contributed by atoms with Crippen molar-refractivity contribution >= 4 is 53.7 Å². The molecule has 0 heterocycles. The van der Waals surface area contributed by atoms with Gasteiger partial charge < -0.3 is 61.5 Å². The van der Waals surface area contributed by atoms with Gasteiger partial charge in [-0.15, -0.1) is 0 Å². The Bertz CT molecular complexity index is 308. The van der Waals surface area contributed by atoms with Crippen LogP contribution >= 0.6 is 0 Å². The fraction of sp³-hybridized carbons (Fsp3) is 0. The Morgan fingerprint density at radius 1 is 0.400 bits per heavy atom. The zero-order valence-electron chi connectivity index (χ0n) is 13.3. The first-order valence-electron chi connectivity index (χ1n) is 3.92. The third kappa shape index (κ3) is 295. The number of hydrogen-bond donors (Lipinski definition) is 8. The molecule has 16 N–H and O–H groups in total. The van der Waals surface area contributed by atoms with Gasteiger partial charge in [0.15, 0.2) is 0 Å². The van der Waals surface area contributed by atoms with Crippen molar-refractivity contribution in [2.24, 2.45) is 0 Å². The van der Waals surface area contributed by atoms with Crippen molar-refractivity contribution in [3.63, 3.8) is 0 Å². The SMILES string of the molecule is O.O.O.O.O=C([O-])C(=O)[O-].O=C([O-])C(=O)[O-].O[AsH](O)(O)O.O[AsH](O)(O)O.[Fe].[Fe].[Fe].[Fe]. The van der Waals surface area contributed by atoms with Crippen molar-refractivity contribution in [1.29, 1.82) is 0 Å². The van der Waals surface area contributed by atoms with Crippen LogP contribution in [0.5, 0.6) is 0 Å². The Hall–Kier alpha value is 0.595. The average molecular weight is 759 g/mol. The molecule has 0 aromatic heterocycles. The second kappa shape index (κ2) is 40.0. The van der Waals surface area contributed by atoms with Gasteiger partial charge in [-0.3, -0.25) is 0 Å². The summed E-state index contributed by atoms with van der Waals surface area (Å²) in [7, 11) is 0. The first-order valence-corrected chi connectivity index (χ1v) is 11.4. The van der Waals surface area contributed by atoms with Crippen LogP contribution in [0.2, 0.25) is 0 Å². The monoisotopic (exact) mass is 760 g/mol. The van der Waals surface area contributed by atoms with E-state index in [1.54, 1.807) is 0 Å². The molecule has 0 aliphatic heterocycles. The third-order valence-corrected chi connectivity index (χ3v) is 0.333. The summed E-state index contributed by atoms with van der Waals surface area (Å²) in [6.07, 6.45) is 0. The van der Waals surface area contributed by atoms with Gasteiger partial charge in [0, 0.05) is 68.3 Å². The summed E-state index contributed by atoms with van der Waals surface area (Å²) in [5.74, 6) is -8.74. The van der Waals surface area contributed by atoms with E-state index in [0.717, 1.165) is 0 Å².